The first-order chi connectivity index (χ1) is 7.13. The van der Waals surface area contributed by atoms with Crippen LogP contribution < -0.4 is 10.5 Å². The SMILES string of the molecule is C=C(C)CCSc1cc(OC)ccc1N. The number of rotatable bonds is 5. The Kier molecular flexibility index (Phi) is 4.56. The summed E-state index contributed by atoms with van der Waals surface area (Å²) in [6.45, 7) is 5.91. The average molecular weight is 223 g/mol. The van der Waals surface area contributed by atoms with Gasteiger partial charge in [-0.15, -0.1) is 18.3 Å². The minimum atomic E-state index is 0.808. The van der Waals surface area contributed by atoms with E-state index >= 15 is 0 Å². The first kappa shape index (κ1) is 12.0. The highest BCUT2D eigenvalue weighted by Gasteiger charge is 2.02. The van der Waals surface area contributed by atoms with Crippen LogP contribution in [0.3, 0.4) is 0 Å². The highest BCUT2D eigenvalue weighted by atomic mass is 32.2. The summed E-state index contributed by atoms with van der Waals surface area (Å²) in [6.07, 6.45) is 1.02. The molecule has 0 aliphatic heterocycles. The summed E-state index contributed by atoms with van der Waals surface area (Å²) in [7, 11) is 1.66. The molecule has 0 aliphatic carbocycles. The highest BCUT2D eigenvalue weighted by Crippen LogP contribution is 2.29. The van der Waals surface area contributed by atoms with Crippen LogP contribution in [0.1, 0.15) is 13.3 Å². The van der Waals surface area contributed by atoms with Crippen molar-refractivity contribution in [2.75, 3.05) is 18.6 Å². The van der Waals surface area contributed by atoms with E-state index in [0.29, 0.717) is 0 Å². The summed E-state index contributed by atoms with van der Waals surface area (Å²) in [5.41, 5.74) is 7.87. The largest absolute Gasteiger partial charge is 0.497 e. The minimum absolute atomic E-state index is 0.808. The van der Waals surface area contributed by atoms with E-state index in [1.165, 1.54) is 5.57 Å². The standard InChI is InChI=1S/C12H17NOS/c1-9(2)6-7-15-12-8-10(14-3)4-5-11(12)13/h4-5,8H,1,6-7,13H2,2-3H3. The molecule has 0 aliphatic rings. The molecular formula is C12H17NOS. The van der Waals surface area contributed by atoms with Gasteiger partial charge in [-0.25, -0.2) is 0 Å². The van der Waals surface area contributed by atoms with Crippen molar-refractivity contribution in [3.63, 3.8) is 0 Å². The first-order valence-corrected chi connectivity index (χ1v) is 5.82. The Balaban J connectivity index is 2.62. The monoisotopic (exact) mass is 223 g/mol. The van der Waals surface area contributed by atoms with Crippen molar-refractivity contribution in [2.45, 2.75) is 18.2 Å². The smallest absolute Gasteiger partial charge is 0.120 e. The van der Waals surface area contributed by atoms with Gasteiger partial charge in [0.1, 0.15) is 5.75 Å². The van der Waals surface area contributed by atoms with E-state index in [9.17, 15) is 0 Å². The van der Waals surface area contributed by atoms with E-state index in [4.69, 9.17) is 10.5 Å². The minimum Gasteiger partial charge on any atom is -0.497 e. The molecule has 0 amide bonds. The molecule has 0 saturated heterocycles. The lowest BCUT2D eigenvalue weighted by Crippen LogP contribution is -1.91. The Morgan fingerprint density at radius 2 is 2.27 bits per heavy atom. The van der Waals surface area contributed by atoms with Crippen LogP contribution in [0.4, 0.5) is 5.69 Å². The van der Waals surface area contributed by atoms with Crippen molar-refractivity contribution >= 4 is 17.4 Å². The zero-order valence-corrected chi connectivity index (χ0v) is 10.1. The third-order valence-corrected chi connectivity index (χ3v) is 3.08. The van der Waals surface area contributed by atoms with Gasteiger partial charge in [0.2, 0.25) is 0 Å². The van der Waals surface area contributed by atoms with Gasteiger partial charge in [0.15, 0.2) is 0 Å². The molecule has 0 heterocycles. The molecule has 0 radical (unpaired) electrons. The van der Waals surface area contributed by atoms with Crippen LogP contribution in [0.15, 0.2) is 35.2 Å². The second-order valence-electron chi connectivity index (χ2n) is 3.46. The quantitative estimate of drug-likeness (QED) is 0.472. The summed E-state index contributed by atoms with van der Waals surface area (Å²) in [5.74, 6) is 1.86. The first-order valence-electron chi connectivity index (χ1n) is 4.84. The zero-order valence-electron chi connectivity index (χ0n) is 9.25. The molecule has 3 heteroatoms. The van der Waals surface area contributed by atoms with Crippen LogP contribution in [0, 0.1) is 0 Å². The van der Waals surface area contributed by atoms with Gasteiger partial charge in [-0.1, -0.05) is 5.57 Å². The summed E-state index contributed by atoms with van der Waals surface area (Å²) in [6, 6.07) is 5.72. The number of hydrogen-bond acceptors (Lipinski definition) is 3. The van der Waals surface area contributed by atoms with Crippen LogP contribution in [0.2, 0.25) is 0 Å². The van der Waals surface area contributed by atoms with E-state index in [-0.39, 0.29) is 0 Å². The molecule has 0 aromatic heterocycles. The zero-order chi connectivity index (χ0) is 11.3. The van der Waals surface area contributed by atoms with Crippen LogP contribution in [-0.2, 0) is 0 Å². The molecule has 0 spiro atoms. The van der Waals surface area contributed by atoms with Crippen molar-refractivity contribution < 1.29 is 4.74 Å². The van der Waals surface area contributed by atoms with Crippen molar-refractivity contribution in [1.29, 1.82) is 0 Å². The molecule has 1 aromatic carbocycles. The summed E-state index contributed by atoms with van der Waals surface area (Å²) < 4.78 is 5.15. The molecule has 0 fully saturated rings. The number of benzene rings is 1. The molecule has 82 valence electrons. The number of thioether (sulfide) groups is 1. The molecule has 2 nitrogen and oxygen atoms in total. The van der Waals surface area contributed by atoms with E-state index < -0.39 is 0 Å². The fourth-order valence-electron chi connectivity index (χ4n) is 1.10. The Bertz CT molecular complexity index is 349. The van der Waals surface area contributed by atoms with Gasteiger partial charge in [0.05, 0.1) is 7.11 Å². The normalized spacial score (nSPS) is 10.0. The van der Waals surface area contributed by atoms with Gasteiger partial charge >= 0.3 is 0 Å². The number of methoxy groups -OCH3 is 1. The third-order valence-electron chi connectivity index (χ3n) is 2.01. The Hall–Kier alpha value is -1.09. The van der Waals surface area contributed by atoms with E-state index in [1.807, 2.05) is 25.1 Å². The summed E-state index contributed by atoms with van der Waals surface area (Å²) in [4.78, 5) is 1.08. The van der Waals surface area contributed by atoms with Crippen LogP contribution in [0.5, 0.6) is 5.75 Å². The second-order valence-corrected chi connectivity index (χ2v) is 4.60. The van der Waals surface area contributed by atoms with Crippen molar-refractivity contribution in [3.05, 3.63) is 30.4 Å². The van der Waals surface area contributed by atoms with Crippen molar-refractivity contribution in [2.24, 2.45) is 0 Å². The number of anilines is 1. The average Bonchev–Trinajstić information content (AvgIpc) is 2.20. The maximum absolute atomic E-state index is 5.86. The lowest BCUT2D eigenvalue weighted by molar-refractivity contribution is 0.414. The second kappa shape index (κ2) is 5.71. The van der Waals surface area contributed by atoms with Gasteiger partial charge in [-0.05, 0) is 31.5 Å². The number of hydrogen-bond donors (Lipinski definition) is 1. The maximum atomic E-state index is 5.86. The lowest BCUT2D eigenvalue weighted by Gasteiger charge is -2.07. The van der Waals surface area contributed by atoms with Crippen molar-refractivity contribution in [3.8, 4) is 5.75 Å². The van der Waals surface area contributed by atoms with Gasteiger partial charge in [-0.3, -0.25) is 0 Å². The molecule has 0 saturated carbocycles. The van der Waals surface area contributed by atoms with Gasteiger partial charge in [-0.2, -0.15) is 0 Å². The van der Waals surface area contributed by atoms with Crippen LogP contribution in [-0.4, -0.2) is 12.9 Å². The van der Waals surface area contributed by atoms with E-state index in [1.54, 1.807) is 18.9 Å². The van der Waals surface area contributed by atoms with E-state index in [2.05, 4.69) is 6.58 Å². The summed E-state index contributed by atoms with van der Waals surface area (Å²) >= 11 is 1.74. The fraction of sp³-hybridized carbons (Fsp3) is 0.333. The molecule has 0 atom stereocenters. The fourth-order valence-corrected chi connectivity index (χ4v) is 2.21. The van der Waals surface area contributed by atoms with Gasteiger partial charge in [0.25, 0.3) is 0 Å². The van der Waals surface area contributed by atoms with Gasteiger partial charge in [0, 0.05) is 16.3 Å². The predicted octanol–water partition coefficient (Wildman–Crippen LogP) is 3.34. The third kappa shape index (κ3) is 3.88. The molecular weight excluding hydrogens is 206 g/mol. The Morgan fingerprint density at radius 1 is 1.53 bits per heavy atom. The number of nitrogens with two attached hydrogens (primary N) is 1. The molecule has 0 unspecified atom stereocenters. The van der Waals surface area contributed by atoms with Crippen LogP contribution in [0.25, 0.3) is 0 Å². The molecule has 2 N–H and O–H groups in total. The van der Waals surface area contributed by atoms with Crippen molar-refractivity contribution in [1.82, 2.24) is 0 Å². The number of ether oxygens (including phenoxy) is 1. The topological polar surface area (TPSA) is 35.2 Å². The van der Waals surface area contributed by atoms with Crippen LogP contribution >= 0.6 is 11.8 Å². The van der Waals surface area contributed by atoms with Gasteiger partial charge < -0.3 is 10.5 Å². The molecule has 0 bridgehead atoms. The lowest BCUT2D eigenvalue weighted by atomic mass is 10.3. The molecule has 1 aromatic rings. The summed E-state index contributed by atoms with van der Waals surface area (Å²) in [5, 5.41) is 0. The maximum Gasteiger partial charge on any atom is 0.120 e. The van der Waals surface area contributed by atoms with E-state index in [0.717, 1.165) is 28.5 Å². The molecule has 15 heavy (non-hydrogen) atoms. The number of allylic oxidation sites excluding steroid dienone is 1. The predicted molar refractivity (Wildman–Crippen MR) is 67.6 cm³/mol. The Morgan fingerprint density at radius 3 is 2.87 bits per heavy atom. The highest BCUT2D eigenvalue weighted by molar-refractivity contribution is 7.99. The molecule has 1 rings (SSSR count). The Labute approximate surface area is 95.5 Å². The number of nitrogen functional groups attached to an aromatic ring is 1.